The lowest BCUT2D eigenvalue weighted by molar-refractivity contribution is -0.117. The highest BCUT2D eigenvalue weighted by Crippen LogP contribution is 2.39. The summed E-state index contributed by atoms with van der Waals surface area (Å²) in [6.45, 7) is 0.141. The highest BCUT2D eigenvalue weighted by molar-refractivity contribution is 7.99. The normalized spacial score (nSPS) is 16.5. The number of hydrogen-bond acceptors (Lipinski definition) is 3. The zero-order valence-electron chi connectivity index (χ0n) is 11.6. The fraction of sp³-hybridized carbons (Fsp3) is 0.235. The van der Waals surface area contributed by atoms with Crippen LogP contribution in [0.25, 0.3) is 0 Å². The van der Waals surface area contributed by atoms with Gasteiger partial charge in [-0.1, -0.05) is 30.3 Å². The summed E-state index contributed by atoms with van der Waals surface area (Å²) in [7, 11) is 0. The number of benzene rings is 2. The van der Waals surface area contributed by atoms with Gasteiger partial charge in [-0.15, -0.1) is 11.8 Å². The Morgan fingerprint density at radius 1 is 1.19 bits per heavy atom. The van der Waals surface area contributed by atoms with E-state index in [1.165, 1.54) is 4.90 Å². The molecule has 0 bridgehead atoms. The molecular formula is C17H17NO2S. The van der Waals surface area contributed by atoms with Gasteiger partial charge in [-0.25, -0.2) is 0 Å². The summed E-state index contributed by atoms with van der Waals surface area (Å²) >= 11 is 1.74. The zero-order valence-corrected chi connectivity index (χ0v) is 12.4. The molecular weight excluding hydrogens is 282 g/mol. The Morgan fingerprint density at radius 3 is 2.71 bits per heavy atom. The predicted molar refractivity (Wildman–Crippen MR) is 85.8 cm³/mol. The van der Waals surface area contributed by atoms with Crippen LogP contribution in [0.2, 0.25) is 0 Å². The smallest absolute Gasteiger partial charge is 0.232 e. The van der Waals surface area contributed by atoms with Crippen molar-refractivity contribution >= 4 is 23.4 Å². The van der Waals surface area contributed by atoms with Crippen LogP contribution in [-0.2, 0) is 11.2 Å². The third-order valence-electron chi connectivity index (χ3n) is 3.64. The highest BCUT2D eigenvalue weighted by atomic mass is 32.2. The molecule has 108 valence electrons. The number of carbonyl (C=O) groups excluding carboxylic acids is 1. The second-order valence-electron chi connectivity index (χ2n) is 5.06. The molecule has 0 saturated carbocycles. The van der Waals surface area contributed by atoms with Gasteiger partial charge in [0.1, 0.15) is 0 Å². The quantitative estimate of drug-likeness (QED) is 0.912. The largest absolute Gasteiger partial charge is 0.396 e. The monoisotopic (exact) mass is 299 g/mol. The molecule has 2 aromatic carbocycles. The van der Waals surface area contributed by atoms with Crippen molar-refractivity contribution in [1.82, 2.24) is 0 Å². The van der Waals surface area contributed by atoms with E-state index in [0.29, 0.717) is 6.42 Å². The second kappa shape index (κ2) is 6.33. The van der Waals surface area contributed by atoms with Crippen molar-refractivity contribution in [2.75, 3.05) is 17.7 Å². The Hall–Kier alpha value is -1.78. The van der Waals surface area contributed by atoms with Crippen molar-refractivity contribution in [3.05, 3.63) is 59.7 Å². The molecule has 1 amide bonds. The van der Waals surface area contributed by atoms with E-state index in [1.54, 1.807) is 11.8 Å². The average Bonchev–Trinajstić information content (AvgIpc) is 2.93. The first-order valence-electron chi connectivity index (χ1n) is 7.00. The zero-order chi connectivity index (χ0) is 14.7. The Labute approximate surface area is 128 Å². The van der Waals surface area contributed by atoms with Crippen LogP contribution in [0.1, 0.15) is 17.0 Å². The maximum atomic E-state index is 12.4. The molecule has 4 heteroatoms. The van der Waals surface area contributed by atoms with Gasteiger partial charge < -0.3 is 10.4 Å². The van der Waals surface area contributed by atoms with Gasteiger partial charge in [0, 0.05) is 22.9 Å². The molecule has 0 aliphatic carbocycles. The van der Waals surface area contributed by atoms with E-state index in [2.05, 4.69) is 11.4 Å². The summed E-state index contributed by atoms with van der Waals surface area (Å²) in [5, 5.41) is 11.9. The van der Waals surface area contributed by atoms with E-state index in [9.17, 15) is 4.79 Å². The van der Waals surface area contributed by atoms with Crippen LogP contribution in [0.5, 0.6) is 0 Å². The fourth-order valence-electron chi connectivity index (χ4n) is 2.49. The Balaban J connectivity index is 1.70. The molecule has 1 heterocycles. The number of aliphatic hydroxyl groups excluding tert-OH is 1. The summed E-state index contributed by atoms with van der Waals surface area (Å²) < 4.78 is 0. The van der Waals surface area contributed by atoms with E-state index in [0.717, 1.165) is 22.6 Å². The lowest BCUT2D eigenvalue weighted by Crippen LogP contribution is -2.20. The summed E-state index contributed by atoms with van der Waals surface area (Å²) in [5.41, 5.74) is 2.99. The topological polar surface area (TPSA) is 49.3 Å². The van der Waals surface area contributed by atoms with Gasteiger partial charge in [0.2, 0.25) is 5.91 Å². The molecule has 3 rings (SSSR count). The van der Waals surface area contributed by atoms with Crippen LogP contribution < -0.4 is 5.32 Å². The molecule has 0 radical (unpaired) electrons. The van der Waals surface area contributed by atoms with E-state index in [-0.39, 0.29) is 18.4 Å². The van der Waals surface area contributed by atoms with Crippen LogP contribution in [0, 0.1) is 0 Å². The van der Waals surface area contributed by atoms with Crippen LogP contribution >= 0.6 is 11.8 Å². The molecule has 0 saturated heterocycles. The highest BCUT2D eigenvalue weighted by Gasteiger charge is 2.28. The summed E-state index contributed by atoms with van der Waals surface area (Å²) in [6.07, 6.45) is 0.640. The Kier molecular flexibility index (Phi) is 4.27. The van der Waals surface area contributed by atoms with Crippen molar-refractivity contribution in [3.8, 4) is 0 Å². The van der Waals surface area contributed by atoms with E-state index >= 15 is 0 Å². The minimum absolute atomic E-state index is 0.0439. The third-order valence-corrected chi connectivity index (χ3v) is 4.82. The molecule has 1 atom stereocenters. The van der Waals surface area contributed by atoms with Crippen molar-refractivity contribution in [2.24, 2.45) is 0 Å². The SMILES string of the molecule is O=C(Nc1ccc(CCO)cc1)C1CSc2ccccc21. The molecule has 2 aromatic rings. The number of nitrogens with one attached hydrogen (secondary N) is 1. The molecule has 0 spiro atoms. The summed E-state index contributed by atoms with van der Waals surface area (Å²) in [4.78, 5) is 13.6. The molecule has 2 N–H and O–H groups in total. The lowest BCUT2D eigenvalue weighted by Gasteiger charge is -2.12. The fourth-order valence-corrected chi connectivity index (χ4v) is 3.72. The maximum absolute atomic E-state index is 12.4. The molecule has 0 aromatic heterocycles. The maximum Gasteiger partial charge on any atom is 0.232 e. The number of fused-ring (bicyclic) bond motifs is 1. The van der Waals surface area contributed by atoms with Crippen LogP contribution in [0.3, 0.4) is 0 Å². The van der Waals surface area contributed by atoms with Gasteiger partial charge in [0.15, 0.2) is 0 Å². The minimum Gasteiger partial charge on any atom is -0.396 e. The molecule has 21 heavy (non-hydrogen) atoms. The average molecular weight is 299 g/mol. The number of carbonyl (C=O) groups is 1. The number of thioether (sulfide) groups is 1. The van der Waals surface area contributed by atoms with Crippen LogP contribution in [0.4, 0.5) is 5.69 Å². The lowest BCUT2D eigenvalue weighted by atomic mass is 10.0. The number of rotatable bonds is 4. The van der Waals surface area contributed by atoms with Crippen LogP contribution in [0.15, 0.2) is 53.4 Å². The van der Waals surface area contributed by atoms with E-state index in [1.807, 2.05) is 42.5 Å². The number of aliphatic hydroxyl groups is 1. The first-order valence-corrected chi connectivity index (χ1v) is 7.99. The Bertz CT molecular complexity index is 639. The van der Waals surface area contributed by atoms with Crippen molar-refractivity contribution in [3.63, 3.8) is 0 Å². The van der Waals surface area contributed by atoms with Gasteiger partial charge in [-0.2, -0.15) is 0 Å². The minimum atomic E-state index is -0.0803. The second-order valence-corrected chi connectivity index (χ2v) is 6.12. The molecule has 1 aliphatic rings. The molecule has 3 nitrogen and oxygen atoms in total. The van der Waals surface area contributed by atoms with E-state index in [4.69, 9.17) is 5.11 Å². The molecule has 0 fully saturated rings. The first kappa shape index (κ1) is 14.2. The number of hydrogen-bond donors (Lipinski definition) is 2. The van der Waals surface area contributed by atoms with Gasteiger partial charge in [0.05, 0.1) is 5.92 Å². The van der Waals surface area contributed by atoms with Crippen molar-refractivity contribution < 1.29 is 9.90 Å². The standard InChI is InChI=1S/C17H17NO2S/c19-10-9-12-5-7-13(8-6-12)18-17(20)15-11-21-16-4-2-1-3-14(15)16/h1-8,15,19H,9-11H2,(H,18,20). The number of amides is 1. The van der Waals surface area contributed by atoms with Crippen molar-refractivity contribution in [1.29, 1.82) is 0 Å². The first-order chi connectivity index (χ1) is 10.3. The van der Waals surface area contributed by atoms with E-state index < -0.39 is 0 Å². The van der Waals surface area contributed by atoms with Crippen LogP contribution in [-0.4, -0.2) is 23.4 Å². The van der Waals surface area contributed by atoms with Gasteiger partial charge in [-0.05, 0) is 35.7 Å². The van der Waals surface area contributed by atoms with Crippen molar-refractivity contribution in [2.45, 2.75) is 17.2 Å². The van der Waals surface area contributed by atoms with Gasteiger partial charge in [-0.3, -0.25) is 4.79 Å². The molecule has 1 unspecified atom stereocenters. The van der Waals surface area contributed by atoms with Gasteiger partial charge >= 0.3 is 0 Å². The predicted octanol–water partition coefficient (Wildman–Crippen LogP) is 3.05. The third kappa shape index (κ3) is 3.12. The Morgan fingerprint density at radius 2 is 1.95 bits per heavy atom. The number of anilines is 1. The summed E-state index contributed by atoms with van der Waals surface area (Å²) in [5.74, 6) is 0.763. The molecule has 1 aliphatic heterocycles. The summed E-state index contributed by atoms with van der Waals surface area (Å²) in [6, 6.07) is 15.7. The van der Waals surface area contributed by atoms with Gasteiger partial charge in [0.25, 0.3) is 0 Å².